The van der Waals surface area contributed by atoms with Crippen LogP contribution in [-0.4, -0.2) is 38.8 Å². The molecule has 0 bridgehead atoms. The van der Waals surface area contributed by atoms with Crippen molar-refractivity contribution >= 4 is 17.6 Å². The Bertz CT molecular complexity index is 549. The third-order valence-electron chi connectivity index (χ3n) is 4.22. The third kappa shape index (κ3) is 2.35. The van der Waals surface area contributed by atoms with Gasteiger partial charge in [-0.1, -0.05) is 0 Å². The number of ether oxygens (including phenoxy) is 2. The second-order valence-corrected chi connectivity index (χ2v) is 5.39. The fourth-order valence-electron chi connectivity index (χ4n) is 2.85. The van der Waals surface area contributed by atoms with Gasteiger partial charge in [-0.05, 0) is 37.1 Å². The van der Waals surface area contributed by atoms with Gasteiger partial charge in [0.05, 0.1) is 18.2 Å². The highest BCUT2D eigenvalue weighted by Gasteiger charge is 2.48. The van der Waals surface area contributed by atoms with Gasteiger partial charge in [0, 0.05) is 19.8 Å². The monoisotopic (exact) mass is 290 g/mol. The summed E-state index contributed by atoms with van der Waals surface area (Å²) >= 11 is 0. The lowest BCUT2D eigenvalue weighted by atomic mass is 9.77. The fraction of sp³-hybridized carbons (Fsp3) is 0.467. The van der Waals surface area contributed by atoms with Gasteiger partial charge in [0.25, 0.3) is 0 Å². The summed E-state index contributed by atoms with van der Waals surface area (Å²) in [5, 5.41) is 2.83. The summed E-state index contributed by atoms with van der Waals surface area (Å²) in [5.74, 6) is 0.545. The molecular formula is C15H18N2O4. The number of amides is 3. The first-order chi connectivity index (χ1) is 10.2. The highest BCUT2D eigenvalue weighted by molar-refractivity contribution is 6.18. The Kier molecular flexibility index (Phi) is 3.55. The molecule has 2 fully saturated rings. The minimum Gasteiger partial charge on any atom is -0.497 e. The van der Waals surface area contributed by atoms with Gasteiger partial charge in [0.1, 0.15) is 5.75 Å². The van der Waals surface area contributed by atoms with Crippen LogP contribution in [0.3, 0.4) is 0 Å². The number of hydrogen-bond donors (Lipinski definition) is 1. The normalized spacial score (nSPS) is 21.3. The van der Waals surface area contributed by atoms with Crippen LogP contribution in [0.5, 0.6) is 5.75 Å². The van der Waals surface area contributed by atoms with E-state index in [4.69, 9.17) is 9.47 Å². The number of imide groups is 1. The van der Waals surface area contributed by atoms with Gasteiger partial charge in [-0.25, -0.2) is 9.69 Å². The molecule has 6 heteroatoms. The number of hydrogen-bond acceptors (Lipinski definition) is 4. The second-order valence-electron chi connectivity index (χ2n) is 5.39. The fourth-order valence-corrected chi connectivity index (χ4v) is 2.85. The maximum Gasteiger partial charge on any atom is 0.328 e. The molecule has 2 aliphatic heterocycles. The molecule has 1 spiro atoms. The van der Waals surface area contributed by atoms with Crippen LogP contribution < -0.4 is 15.0 Å². The maximum absolute atomic E-state index is 12.8. The van der Waals surface area contributed by atoms with Crippen LogP contribution in [0.4, 0.5) is 10.5 Å². The summed E-state index contributed by atoms with van der Waals surface area (Å²) in [4.78, 5) is 26.2. The van der Waals surface area contributed by atoms with Crippen LogP contribution >= 0.6 is 0 Å². The molecule has 3 amide bonds. The summed E-state index contributed by atoms with van der Waals surface area (Å²) in [6, 6.07) is 6.54. The molecule has 0 saturated carbocycles. The van der Waals surface area contributed by atoms with Crippen molar-refractivity contribution in [3.63, 3.8) is 0 Å². The largest absolute Gasteiger partial charge is 0.497 e. The number of carbonyl (C=O) groups is 2. The number of nitrogens with zero attached hydrogens (tertiary/aromatic N) is 1. The number of rotatable bonds is 2. The first-order valence-corrected chi connectivity index (χ1v) is 7.00. The van der Waals surface area contributed by atoms with Crippen LogP contribution in [-0.2, 0) is 9.53 Å². The van der Waals surface area contributed by atoms with Crippen molar-refractivity contribution in [2.45, 2.75) is 12.8 Å². The van der Waals surface area contributed by atoms with Gasteiger partial charge in [-0.2, -0.15) is 0 Å². The molecule has 1 aromatic rings. The Morgan fingerprint density at radius 2 is 1.86 bits per heavy atom. The van der Waals surface area contributed by atoms with Crippen molar-refractivity contribution in [1.29, 1.82) is 0 Å². The van der Waals surface area contributed by atoms with E-state index >= 15 is 0 Å². The van der Waals surface area contributed by atoms with E-state index in [1.165, 1.54) is 4.90 Å². The van der Waals surface area contributed by atoms with Crippen molar-refractivity contribution in [1.82, 2.24) is 5.32 Å². The molecule has 3 rings (SSSR count). The summed E-state index contributed by atoms with van der Waals surface area (Å²) in [6.07, 6.45) is 1.28. The van der Waals surface area contributed by atoms with Gasteiger partial charge in [0.15, 0.2) is 0 Å². The molecule has 0 atom stereocenters. The zero-order chi connectivity index (χ0) is 14.9. The lowest BCUT2D eigenvalue weighted by Crippen LogP contribution is -2.62. The minimum atomic E-state index is -0.536. The molecule has 0 unspecified atom stereocenters. The van der Waals surface area contributed by atoms with Crippen molar-refractivity contribution in [3.8, 4) is 5.75 Å². The van der Waals surface area contributed by atoms with Crippen LogP contribution in [0.2, 0.25) is 0 Å². The van der Waals surface area contributed by atoms with Crippen LogP contribution in [0.25, 0.3) is 0 Å². The van der Waals surface area contributed by atoms with E-state index < -0.39 is 5.41 Å². The second kappa shape index (κ2) is 5.37. The smallest absolute Gasteiger partial charge is 0.328 e. The van der Waals surface area contributed by atoms with E-state index in [0.29, 0.717) is 44.0 Å². The molecule has 21 heavy (non-hydrogen) atoms. The van der Waals surface area contributed by atoms with E-state index in [0.717, 1.165) is 0 Å². The van der Waals surface area contributed by atoms with Crippen LogP contribution in [0.15, 0.2) is 24.3 Å². The van der Waals surface area contributed by atoms with Gasteiger partial charge in [-0.15, -0.1) is 0 Å². The summed E-state index contributed by atoms with van der Waals surface area (Å²) in [7, 11) is 1.57. The van der Waals surface area contributed by atoms with Crippen LogP contribution in [0.1, 0.15) is 12.8 Å². The molecule has 0 radical (unpaired) electrons. The number of carbonyl (C=O) groups excluding carboxylic acids is 2. The van der Waals surface area contributed by atoms with Crippen molar-refractivity contribution < 1.29 is 19.1 Å². The van der Waals surface area contributed by atoms with Crippen molar-refractivity contribution in [2.24, 2.45) is 5.41 Å². The first-order valence-electron chi connectivity index (χ1n) is 7.00. The number of benzene rings is 1. The standard InChI is InChI=1S/C15H18N2O4/c1-20-12-4-2-11(3-5-12)17-13(18)15(10-16-14(17)19)6-8-21-9-7-15/h2-5H,6-10H2,1H3,(H,16,19). The van der Waals surface area contributed by atoms with Crippen molar-refractivity contribution in [2.75, 3.05) is 31.8 Å². The summed E-state index contributed by atoms with van der Waals surface area (Å²) in [6.45, 7) is 1.50. The van der Waals surface area contributed by atoms with E-state index in [1.807, 2.05) is 0 Å². The average molecular weight is 290 g/mol. The van der Waals surface area contributed by atoms with Gasteiger partial charge < -0.3 is 14.8 Å². The maximum atomic E-state index is 12.8. The quantitative estimate of drug-likeness (QED) is 0.897. The Balaban J connectivity index is 1.91. The summed E-state index contributed by atoms with van der Waals surface area (Å²) in [5.41, 5.74) is 0.0235. The zero-order valence-corrected chi connectivity index (χ0v) is 11.9. The number of methoxy groups -OCH3 is 1. The Hall–Kier alpha value is -2.08. The van der Waals surface area contributed by atoms with Gasteiger partial charge in [0.2, 0.25) is 5.91 Å². The molecule has 2 aliphatic rings. The molecule has 2 saturated heterocycles. The number of anilines is 1. The molecule has 112 valence electrons. The highest BCUT2D eigenvalue weighted by Crippen LogP contribution is 2.36. The number of nitrogens with one attached hydrogen (secondary N) is 1. The lowest BCUT2D eigenvalue weighted by Gasteiger charge is -2.42. The number of urea groups is 1. The first kappa shape index (κ1) is 13.9. The average Bonchev–Trinajstić information content (AvgIpc) is 2.53. The van der Waals surface area contributed by atoms with E-state index in [-0.39, 0.29) is 11.9 Å². The molecule has 0 aromatic heterocycles. The van der Waals surface area contributed by atoms with E-state index in [2.05, 4.69) is 5.32 Å². The predicted molar refractivity (Wildman–Crippen MR) is 76.4 cm³/mol. The van der Waals surface area contributed by atoms with Crippen LogP contribution in [0, 0.1) is 5.41 Å². The Labute approximate surface area is 123 Å². The van der Waals surface area contributed by atoms with Gasteiger partial charge in [-0.3, -0.25) is 4.79 Å². The predicted octanol–water partition coefficient (Wildman–Crippen LogP) is 1.55. The topological polar surface area (TPSA) is 67.9 Å². The SMILES string of the molecule is COc1ccc(N2C(=O)NCC3(CCOCC3)C2=O)cc1. The molecule has 1 aromatic carbocycles. The molecule has 2 heterocycles. The van der Waals surface area contributed by atoms with Gasteiger partial charge >= 0.3 is 6.03 Å². The van der Waals surface area contributed by atoms with E-state index in [1.54, 1.807) is 31.4 Å². The van der Waals surface area contributed by atoms with E-state index in [9.17, 15) is 9.59 Å². The zero-order valence-electron chi connectivity index (χ0n) is 11.9. The molecule has 0 aliphatic carbocycles. The Morgan fingerprint density at radius 1 is 1.19 bits per heavy atom. The molecule has 1 N–H and O–H groups in total. The highest BCUT2D eigenvalue weighted by atomic mass is 16.5. The summed E-state index contributed by atoms with van der Waals surface area (Å²) < 4.78 is 10.4. The van der Waals surface area contributed by atoms with Crippen molar-refractivity contribution in [3.05, 3.63) is 24.3 Å². The minimum absolute atomic E-state index is 0.139. The molecule has 6 nitrogen and oxygen atoms in total. The molecular weight excluding hydrogens is 272 g/mol. The third-order valence-corrected chi connectivity index (χ3v) is 4.22. The Morgan fingerprint density at radius 3 is 2.48 bits per heavy atom. The lowest BCUT2D eigenvalue weighted by molar-refractivity contribution is -0.133.